The Labute approximate surface area is 109 Å². The van der Waals surface area contributed by atoms with Crippen LogP contribution in [0.5, 0.6) is 0 Å². The quantitative estimate of drug-likeness (QED) is 0.804. The van der Waals surface area contributed by atoms with Gasteiger partial charge < -0.3 is 10.4 Å². The SMILES string of the molecule is CCCC(O)CNC(=O)c1cncc(I)c1. The van der Waals surface area contributed by atoms with Crippen LogP contribution < -0.4 is 5.32 Å². The highest BCUT2D eigenvalue weighted by Gasteiger charge is 2.08. The molecule has 1 amide bonds. The molecular formula is C11H15IN2O2. The monoisotopic (exact) mass is 334 g/mol. The molecule has 88 valence electrons. The van der Waals surface area contributed by atoms with Crippen LogP contribution in [-0.2, 0) is 0 Å². The van der Waals surface area contributed by atoms with Gasteiger partial charge in [-0.15, -0.1) is 0 Å². The lowest BCUT2D eigenvalue weighted by Crippen LogP contribution is -2.32. The van der Waals surface area contributed by atoms with E-state index in [-0.39, 0.29) is 12.5 Å². The summed E-state index contributed by atoms with van der Waals surface area (Å²) in [4.78, 5) is 15.6. The molecular weight excluding hydrogens is 319 g/mol. The van der Waals surface area contributed by atoms with Gasteiger partial charge in [-0.05, 0) is 35.1 Å². The van der Waals surface area contributed by atoms with Crippen LogP contribution in [0.15, 0.2) is 18.5 Å². The van der Waals surface area contributed by atoms with Crippen LogP contribution in [0, 0.1) is 3.57 Å². The van der Waals surface area contributed by atoms with Gasteiger partial charge in [-0.1, -0.05) is 13.3 Å². The van der Waals surface area contributed by atoms with Gasteiger partial charge in [0.2, 0.25) is 0 Å². The summed E-state index contributed by atoms with van der Waals surface area (Å²) < 4.78 is 0.916. The molecule has 1 atom stereocenters. The first-order chi connectivity index (χ1) is 7.63. The van der Waals surface area contributed by atoms with E-state index >= 15 is 0 Å². The molecule has 4 nitrogen and oxygen atoms in total. The predicted molar refractivity (Wildman–Crippen MR) is 70.2 cm³/mol. The van der Waals surface area contributed by atoms with Crippen LogP contribution in [-0.4, -0.2) is 28.6 Å². The largest absolute Gasteiger partial charge is 0.391 e. The Morgan fingerprint density at radius 1 is 1.62 bits per heavy atom. The van der Waals surface area contributed by atoms with E-state index in [2.05, 4.69) is 32.9 Å². The zero-order valence-electron chi connectivity index (χ0n) is 9.11. The molecule has 0 spiro atoms. The van der Waals surface area contributed by atoms with Crippen LogP contribution >= 0.6 is 22.6 Å². The summed E-state index contributed by atoms with van der Waals surface area (Å²) in [7, 11) is 0. The smallest absolute Gasteiger partial charge is 0.252 e. The maximum atomic E-state index is 11.6. The van der Waals surface area contributed by atoms with Crippen LogP contribution in [0.3, 0.4) is 0 Å². The van der Waals surface area contributed by atoms with Crippen molar-refractivity contribution in [2.45, 2.75) is 25.9 Å². The summed E-state index contributed by atoms with van der Waals surface area (Å²) in [6.07, 6.45) is 4.34. The van der Waals surface area contributed by atoms with Gasteiger partial charge in [-0.3, -0.25) is 9.78 Å². The maximum absolute atomic E-state index is 11.6. The number of rotatable bonds is 5. The van der Waals surface area contributed by atoms with Gasteiger partial charge in [-0.25, -0.2) is 0 Å². The number of carbonyl (C=O) groups is 1. The number of hydrogen-bond acceptors (Lipinski definition) is 3. The molecule has 0 saturated heterocycles. The van der Waals surface area contributed by atoms with Crippen molar-refractivity contribution in [3.8, 4) is 0 Å². The highest BCUT2D eigenvalue weighted by molar-refractivity contribution is 14.1. The Morgan fingerprint density at radius 3 is 3.00 bits per heavy atom. The lowest BCUT2D eigenvalue weighted by atomic mass is 10.2. The molecule has 0 aliphatic heterocycles. The number of aliphatic hydroxyl groups excluding tert-OH is 1. The second-order valence-electron chi connectivity index (χ2n) is 3.54. The average molecular weight is 334 g/mol. The number of amides is 1. The average Bonchev–Trinajstić information content (AvgIpc) is 2.26. The first-order valence-corrected chi connectivity index (χ1v) is 6.28. The van der Waals surface area contributed by atoms with Gasteiger partial charge in [0.1, 0.15) is 0 Å². The summed E-state index contributed by atoms with van der Waals surface area (Å²) in [5.41, 5.74) is 0.524. The number of nitrogens with one attached hydrogen (secondary N) is 1. The summed E-state index contributed by atoms with van der Waals surface area (Å²) in [5, 5.41) is 12.1. The van der Waals surface area contributed by atoms with Gasteiger partial charge in [0, 0.05) is 22.5 Å². The standard InChI is InChI=1S/C11H15IN2O2/c1-2-3-10(15)7-14-11(16)8-4-9(12)6-13-5-8/h4-6,10,15H,2-3,7H2,1H3,(H,14,16). The lowest BCUT2D eigenvalue weighted by molar-refractivity contribution is 0.0909. The topological polar surface area (TPSA) is 62.2 Å². The lowest BCUT2D eigenvalue weighted by Gasteiger charge is -2.10. The minimum absolute atomic E-state index is 0.193. The zero-order chi connectivity index (χ0) is 12.0. The van der Waals surface area contributed by atoms with Gasteiger partial charge in [0.05, 0.1) is 11.7 Å². The van der Waals surface area contributed by atoms with E-state index in [9.17, 15) is 9.90 Å². The fraction of sp³-hybridized carbons (Fsp3) is 0.455. The second kappa shape index (κ2) is 6.80. The fourth-order valence-corrected chi connectivity index (χ4v) is 1.78. The molecule has 1 unspecified atom stereocenters. The van der Waals surface area contributed by atoms with Crippen molar-refractivity contribution in [1.82, 2.24) is 10.3 Å². The molecule has 16 heavy (non-hydrogen) atoms. The molecule has 1 rings (SSSR count). The summed E-state index contributed by atoms with van der Waals surface area (Å²) in [5.74, 6) is -0.193. The molecule has 0 saturated carbocycles. The molecule has 1 aromatic rings. The zero-order valence-corrected chi connectivity index (χ0v) is 11.3. The summed E-state index contributed by atoms with van der Waals surface area (Å²) >= 11 is 2.10. The van der Waals surface area contributed by atoms with Crippen molar-refractivity contribution < 1.29 is 9.90 Å². The summed E-state index contributed by atoms with van der Waals surface area (Å²) in [6.45, 7) is 2.28. The van der Waals surface area contributed by atoms with Gasteiger partial charge in [0.25, 0.3) is 5.91 Å². The van der Waals surface area contributed by atoms with Crippen LogP contribution in [0.2, 0.25) is 0 Å². The van der Waals surface area contributed by atoms with Crippen molar-refractivity contribution in [3.63, 3.8) is 0 Å². The molecule has 0 fully saturated rings. The van der Waals surface area contributed by atoms with E-state index in [0.29, 0.717) is 12.0 Å². The Hall–Kier alpha value is -0.690. The fourth-order valence-electron chi connectivity index (χ4n) is 1.28. The van der Waals surface area contributed by atoms with Crippen LogP contribution in [0.1, 0.15) is 30.1 Å². The molecule has 1 aromatic heterocycles. The Bertz CT molecular complexity index is 358. The predicted octanol–water partition coefficient (Wildman–Crippen LogP) is 1.58. The van der Waals surface area contributed by atoms with E-state index in [0.717, 1.165) is 9.99 Å². The molecule has 5 heteroatoms. The first kappa shape index (κ1) is 13.4. The summed E-state index contributed by atoms with van der Waals surface area (Å²) in [6, 6.07) is 1.76. The Morgan fingerprint density at radius 2 is 2.38 bits per heavy atom. The van der Waals surface area contributed by atoms with Gasteiger partial charge >= 0.3 is 0 Å². The van der Waals surface area contributed by atoms with Crippen molar-refractivity contribution in [1.29, 1.82) is 0 Å². The van der Waals surface area contributed by atoms with Gasteiger partial charge in [-0.2, -0.15) is 0 Å². The van der Waals surface area contributed by atoms with E-state index < -0.39 is 6.10 Å². The van der Waals surface area contributed by atoms with Crippen molar-refractivity contribution in [3.05, 3.63) is 27.6 Å². The molecule has 0 radical (unpaired) electrons. The number of aliphatic hydroxyl groups is 1. The highest BCUT2D eigenvalue weighted by Crippen LogP contribution is 2.05. The van der Waals surface area contributed by atoms with E-state index in [4.69, 9.17) is 0 Å². The Balaban J connectivity index is 2.47. The number of aromatic nitrogens is 1. The second-order valence-corrected chi connectivity index (χ2v) is 4.79. The van der Waals surface area contributed by atoms with Gasteiger partial charge in [0.15, 0.2) is 0 Å². The van der Waals surface area contributed by atoms with Crippen molar-refractivity contribution >= 4 is 28.5 Å². The minimum atomic E-state index is -0.468. The number of hydrogen-bond donors (Lipinski definition) is 2. The number of halogens is 1. The van der Waals surface area contributed by atoms with E-state index in [1.165, 1.54) is 6.20 Å². The molecule has 2 N–H and O–H groups in total. The third-order valence-corrected chi connectivity index (χ3v) is 2.68. The molecule has 0 aromatic carbocycles. The van der Waals surface area contributed by atoms with E-state index in [1.54, 1.807) is 12.3 Å². The highest BCUT2D eigenvalue weighted by atomic mass is 127. The van der Waals surface area contributed by atoms with E-state index in [1.807, 2.05) is 6.92 Å². The molecule has 1 heterocycles. The van der Waals surface area contributed by atoms with Crippen molar-refractivity contribution in [2.24, 2.45) is 0 Å². The number of nitrogens with zero attached hydrogens (tertiary/aromatic N) is 1. The van der Waals surface area contributed by atoms with Crippen LogP contribution in [0.25, 0.3) is 0 Å². The minimum Gasteiger partial charge on any atom is -0.391 e. The first-order valence-electron chi connectivity index (χ1n) is 5.20. The van der Waals surface area contributed by atoms with Crippen LogP contribution in [0.4, 0.5) is 0 Å². The normalized spacial score (nSPS) is 12.2. The number of carbonyl (C=O) groups excluding carboxylic acids is 1. The molecule has 0 aliphatic rings. The maximum Gasteiger partial charge on any atom is 0.252 e. The third-order valence-electron chi connectivity index (χ3n) is 2.09. The molecule has 0 aliphatic carbocycles. The van der Waals surface area contributed by atoms with Crippen molar-refractivity contribution in [2.75, 3.05) is 6.54 Å². The number of pyridine rings is 1. The molecule has 0 bridgehead atoms. The Kier molecular flexibility index (Phi) is 5.68. The third kappa shape index (κ3) is 4.44.